The van der Waals surface area contributed by atoms with Gasteiger partial charge < -0.3 is 4.74 Å². The molecule has 4 aromatic rings. The Bertz CT molecular complexity index is 1610. The molecule has 0 unspecified atom stereocenters. The summed E-state index contributed by atoms with van der Waals surface area (Å²) in [5.74, 6) is -1.04. The third-order valence-corrected chi connectivity index (χ3v) is 6.70. The number of nitrogens with one attached hydrogen (secondary N) is 1. The summed E-state index contributed by atoms with van der Waals surface area (Å²) in [6.45, 7) is 2.03. The number of urea groups is 1. The van der Waals surface area contributed by atoms with Crippen molar-refractivity contribution in [2.24, 2.45) is 0 Å². The van der Waals surface area contributed by atoms with E-state index in [1.54, 1.807) is 42.5 Å². The monoisotopic (exact) mass is 530 g/mol. The molecule has 184 valence electrons. The molecule has 1 saturated heterocycles. The first-order valence-electron chi connectivity index (χ1n) is 11.4. The number of fused-ring (bicyclic) bond motifs is 1. The van der Waals surface area contributed by atoms with Gasteiger partial charge in [-0.15, -0.1) is 0 Å². The van der Waals surface area contributed by atoms with Crippen molar-refractivity contribution in [3.63, 3.8) is 0 Å². The van der Waals surface area contributed by atoms with E-state index in [0.29, 0.717) is 27.0 Å². The zero-order valence-corrected chi connectivity index (χ0v) is 21.1. The van der Waals surface area contributed by atoms with Crippen LogP contribution in [0.15, 0.2) is 84.4 Å². The van der Waals surface area contributed by atoms with E-state index in [4.69, 9.17) is 27.9 Å². The third-order valence-electron chi connectivity index (χ3n) is 5.96. The molecule has 0 saturated carbocycles. The van der Waals surface area contributed by atoms with Crippen LogP contribution in [0.4, 0.5) is 10.5 Å². The number of barbiturate groups is 1. The molecule has 1 fully saturated rings. The van der Waals surface area contributed by atoms with Gasteiger partial charge in [-0.3, -0.25) is 14.9 Å². The molecule has 37 heavy (non-hydrogen) atoms. The van der Waals surface area contributed by atoms with Gasteiger partial charge in [0.1, 0.15) is 17.9 Å². The van der Waals surface area contributed by atoms with Gasteiger partial charge in [-0.1, -0.05) is 71.7 Å². The fourth-order valence-electron chi connectivity index (χ4n) is 4.14. The lowest BCUT2D eigenvalue weighted by Crippen LogP contribution is -2.54. The van der Waals surface area contributed by atoms with E-state index in [2.05, 4.69) is 5.32 Å². The predicted molar refractivity (Wildman–Crippen MR) is 145 cm³/mol. The van der Waals surface area contributed by atoms with Crippen molar-refractivity contribution in [1.82, 2.24) is 5.32 Å². The summed E-state index contributed by atoms with van der Waals surface area (Å²) in [5, 5.41) is 4.80. The first-order chi connectivity index (χ1) is 17.8. The quantitative estimate of drug-likeness (QED) is 0.230. The minimum atomic E-state index is -0.799. The number of rotatable bonds is 5. The van der Waals surface area contributed by atoms with Gasteiger partial charge in [0.15, 0.2) is 0 Å². The normalized spacial score (nSPS) is 14.8. The van der Waals surface area contributed by atoms with E-state index >= 15 is 0 Å². The number of anilines is 1. The molecule has 0 atom stereocenters. The number of aryl methyl sites for hydroxylation is 1. The van der Waals surface area contributed by atoms with Gasteiger partial charge in [0.2, 0.25) is 0 Å². The molecule has 1 N–H and O–H groups in total. The van der Waals surface area contributed by atoms with Gasteiger partial charge in [-0.05, 0) is 65.2 Å². The molecule has 5 rings (SSSR count). The number of benzene rings is 4. The highest BCUT2D eigenvalue weighted by atomic mass is 35.5. The van der Waals surface area contributed by atoms with Crippen molar-refractivity contribution < 1.29 is 19.1 Å². The van der Waals surface area contributed by atoms with Crippen LogP contribution < -0.4 is 15.0 Å². The number of carbonyl (C=O) groups is 3. The van der Waals surface area contributed by atoms with Crippen LogP contribution in [0.25, 0.3) is 16.8 Å². The van der Waals surface area contributed by atoms with Crippen molar-refractivity contribution in [2.45, 2.75) is 13.5 Å². The highest BCUT2D eigenvalue weighted by Gasteiger charge is 2.37. The van der Waals surface area contributed by atoms with Gasteiger partial charge in [0.05, 0.1) is 15.7 Å². The molecular weight excluding hydrogens is 511 g/mol. The first-order valence-corrected chi connectivity index (χ1v) is 12.1. The van der Waals surface area contributed by atoms with Gasteiger partial charge >= 0.3 is 6.03 Å². The second kappa shape index (κ2) is 10.1. The lowest BCUT2D eigenvalue weighted by atomic mass is 9.99. The number of halogens is 2. The minimum absolute atomic E-state index is 0.180. The Balaban J connectivity index is 1.58. The molecule has 0 aliphatic carbocycles. The molecule has 0 spiro atoms. The zero-order chi connectivity index (χ0) is 26.1. The van der Waals surface area contributed by atoms with Crippen LogP contribution in [0, 0.1) is 6.92 Å². The molecule has 1 heterocycles. The van der Waals surface area contributed by atoms with Gasteiger partial charge in [0, 0.05) is 5.56 Å². The molecule has 0 radical (unpaired) electrons. The maximum Gasteiger partial charge on any atom is 0.335 e. The fraction of sp³-hybridized carbons (Fsp3) is 0.0690. The fourth-order valence-corrected chi connectivity index (χ4v) is 4.46. The van der Waals surface area contributed by atoms with Crippen molar-refractivity contribution in [2.75, 3.05) is 4.90 Å². The van der Waals surface area contributed by atoms with Crippen LogP contribution in [-0.4, -0.2) is 17.8 Å². The number of hydrogen-bond donors (Lipinski definition) is 1. The maximum atomic E-state index is 13.5. The molecule has 1 aliphatic rings. The third kappa shape index (κ3) is 4.94. The first kappa shape index (κ1) is 24.6. The Morgan fingerprint density at radius 1 is 0.892 bits per heavy atom. The maximum absolute atomic E-state index is 13.5. The van der Waals surface area contributed by atoms with E-state index in [1.165, 1.54) is 6.08 Å². The molecular formula is C29H20Cl2N2O4. The van der Waals surface area contributed by atoms with Crippen molar-refractivity contribution in [3.05, 3.63) is 111 Å². The lowest BCUT2D eigenvalue weighted by Gasteiger charge is -2.26. The summed E-state index contributed by atoms with van der Waals surface area (Å²) in [5.41, 5.74) is 2.39. The Morgan fingerprint density at radius 3 is 2.49 bits per heavy atom. The zero-order valence-electron chi connectivity index (χ0n) is 19.6. The highest BCUT2D eigenvalue weighted by Crippen LogP contribution is 2.33. The van der Waals surface area contributed by atoms with Crippen LogP contribution in [-0.2, 0) is 16.2 Å². The number of hydrogen-bond acceptors (Lipinski definition) is 4. The topological polar surface area (TPSA) is 75.7 Å². The molecule has 0 bridgehead atoms. The number of amides is 4. The van der Waals surface area contributed by atoms with Crippen LogP contribution >= 0.6 is 23.2 Å². The van der Waals surface area contributed by atoms with Crippen LogP contribution in [0.3, 0.4) is 0 Å². The van der Waals surface area contributed by atoms with Gasteiger partial charge in [-0.25, -0.2) is 9.69 Å². The lowest BCUT2D eigenvalue weighted by molar-refractivity contribution is -0.122. The average molecular weight is 531 g/mol. The minimum Gasteiger partial charge on any atom is -0.488 e. The van der Waals surface area contributed by atoms with E-state index in [-0.39, 0.29) is 12.2 Å². The largest absolute Gasteiger partial charge is 0.488 e. The summed E-state index contributed by atoms with van der Waals surface area (Å²) in [6, 6.07) is 22.6. The Hall–Kier alpha value is -4.13. The molecule has 0 aromatic heterocycles. The van der Waals surface area contributed by atoms with E-state index in [9.17, 15) is 14.4 Å². The number of carbonyl (C=O) groups excluding carboxylic acids is 3. The number of imide groups is 2. The smallest absolute Gasteiger partial charge is 0.335 e. The van der Waals surface area contributed by atoms with Crippen molar-refractivity contribution in [3.8, 4) is 5.75 Å². The highest BCUT2D eigenvalue weighted by molar-refractivity contribution is 6.42. The van der Waals surface area contributed by atoms with E-state index < -0.39 is 17.8 Å². The molecule has 6 nitrogen and oxygen atoms in total. The molecule has 4 amide bonds. The summed E-state index contributed by atoms with van der Waals surface area (Å²) in [6.07, 6.45) is 1.47. The number of ether oxygens (including phenoxy) is 1. The standard InChI is InChI=1S/C29H20Cl2N2O4/c1-17-5-4-7-20(13-17)33-28(35)23(27(34)32-29(33)36)15-22-21-8-3-2-6-19(21)10-12-26(22)37-16-18-9-11-24(30)25(31)14-18/h2-15H,16H2,1H3,(H,32,34,36)/b23-15+. The van der Waals surface area contributed by atoms with Gasteiger partial charge in [-0.2, -0.15) is 0 Å². The SMILES string of the molecule is Cc1cccc(N2C(=O)NC(=O)/C(=C\c3c(OCc4ccc(Cl)c(Cl)c4)ccc4ccccc34)C2=O)c1. The Kier molecular flexibility index (Phi) is 6.70. The van der Waals surface area contributed by atoms with Crippen molar-refractivity contribution in [1.29, 1.82) is 0 Å². The summed E-state index contributed by atoms with van der Waals surface area (Å²) in [4.78, 5) is 39.9. The second-order valence-corrected chi connectivity index (χ2v) is 9.35. The molecule has 8 heteroatoms. The number of nitrogens with zero attached hydrogens (tertiary/aromatic N) is 1. The van der Waals surface area contributed by atoms with Gasteiger partial charge in [0.25, 0.3) is 11.8 Å². The van der Waals surface area contributed by atoms with Crippen molar-refractivity contribution >= 4 is 63.6 Å². The van der Waals surface area contributed by atoms with Crippen LogP contribution in [0.1, 0.15) is 16.7 Å². The average Bonchev–Trinajstić information content (AvgIpc) is 2.87. The molecule has 4 aromatic carbocycles. The summed E-state index contributed by atoms with van der Waals surface area (Å²) < 4.78 is 6.12. The summed E-state index contributed by atoms with van der Waals surface area (Å²) >= 11 is 12.2. The Morgan fingerprint density at radius 2 is 1.70 bits per heavy atom. The predicted octanol–water partition coefficient (Wildman–Crippen LogP) is 6.70. The van der Waals surface area contributed by atoms with Crippen LogP contribution in [0.2, 0.25) is 10.0 Å². The second-order valence-electron chi connectivity index (χ2n) is 8.53. The molecule has 1 aliphatic heterocycles. The van der Waals surface area contributed by atoms with E-state index in [0.717, 1.165) is 26.8 Å². The summed E-state index contributed by atoms with van der Waals surface area (Å²) in [7, 11) is 0. The van der Waals surface area contributed by atoms with Crippen LogP contribution in [0.5, 0.6) is 5.75 Å². The van der Waals surface area contributed by atoms with E-state index in [1.807, 2.05) is 43.3 Å². The Labute approximate surface area is 223 Å².